The zero-order valence-corrected chi connectivity index (χ0v) is 12.1. The van der Waals surface area contributed by atoms with E-state index in [1.54, 1.807) is 4.31 Å². The lowest BCUT2D eigenvalue weighted by Crippen LogP contribution is -2.54. The van der Waals surface area contributed by atoms with Crippen molar-refractivity contribution in [2.24, 2.45) is 0 Å². The van der Waals surface area contributed by atoms with E-state index in [0.29, 0.717) is 12.6 Å². The van der Waals surface area contributed by atoms with E-state index >= 15 is 0 Å². The van der Waals surface area contributed by atoms with Crippen molar-refractivity contribution in [1.82, 2.24) is 14.5 Å². The Hall–Kier alpha value is -0.170. The second-order valence-electron chi connectivity index (χ2n) is 5.13. The Morgan fingerprint density at radius 2 is 2.00 bits per heavy atom. The second-order valence-corrected chi connectivity index (χ2v) is 7.07. The topological polar surface area (TPSA) is 52.6 Å². The molecule has 0 aromatic carbocycles. The smallest absolute Gasteiger partial charge is 0.211 e. The zero-order valence-electron chi connectivity index (χ0n) is 11.3. The highest BCUT2D eigenvalue weighted by Gasteiger charge is 2.29. The zero-order chi connectivity index (χ0) is 13.1. The lowest BCUT2D eigenvalue weighted by atomic mass is 10.2. The molecule has 1 rings (SSSR count). The molecule has 0 unspecified atom stereocenters. The fourth-order valence-electron chi connectivity index (χ4n) is 2.22. The van der Waals surface area contributed by atoms with Crippen molar-refractivity contribution in [3.05, 3.63) is 0 Å². The number of nitrogens with one attached hydrogen (secondary N) is 1. The molecule has 1 N–H and O–H groups in total. The number of sulfonamides is 1. The number of rotatable bonds is 5. The van der Waals surface area contributed by atoms with Gasteiger partial charge in [-0.3, -0.25) is 4.90 Å². The van der Waals surface area contributed by atoms with Crippen molar-refractivity contribution < 1.29 is 8.42 Å². The van der Waals surface area contributed by atoms with Crippen LogP contribution in [0.25, 0.3) is 0 Å². The van der Waals surface area contributed by atoms with E-state index < -0.39 is 10.0 Å². The molecule has 5 nitrogen and oxygen atoms in total. The monoisotopic (exact) mass is 263 g/mol. The van der Waals surface area contributed by atoms with Gasteiger partial charge in [0.15, 0.2) is 0 Å². The number of nitrogens with zero attached hydrogens (tertiary/aromatic N) is 2. The third-order valence-corrected chi connectivity index (χ3v) is 4.45. The predicted molar refractivity (Wildman–Crippen MR) is 70.6 cm³/mol. The maximum atomic E-state index is 11.5. The minimum Gasteiger partial charge on any atom is -0.313 e. The molecule has 0 radical (unpaired) electrons. The van der Waals surface area contributed by atoms with Crippen LogP contribution in [-0.2, 0) is 10.0 Å². The summed E-state index contributed by atoms with van der Waals surface area (Å²) in [6.45, 7) is 10.5. The van der Waals surface area contributed by atoms with E-state index in [0.717, 1.165) is 26.2 Å². The molecule has 1 aliphatic heterocycles. The van der Waals surface area contributed by atoms with E-state index in [1.807, 2.05) is 6.92 Å². The second kappa shape index (κ2) is 6.13. The summed E-state index contributed by atoms with van der Waals surface area (Å²) in [5.41, 5.74) is 0. The van der Waals surface area contributed by atoms with Crippen LogP contribution in [0.5, 0.6) is 0 Å². The van der Waals surface area contributed by atoms with E-state index in [1.165, 1.54) is 6.26 Å². The molecule has 1 fully saturated rings. The molecule has 0 saturated carbocycles. The highest BCUT2D eigenvalue weighted by molar-refractivity contribution is 7.88. The van der Waals surface area contributed by atoms with Gasteiger partial charge in [0.1, 0.15) is 0 Å². The molecular formula is C11H25N3O2S. The van der Waals surface area contributed by atoms with Crippen LogP contribution in [0.15, 0.2) is 0 Å². The summed E-state index contributed by atoms with van der Waals surface area (Å²) in [6.07, 6.45) is 1.29. The minimum atomic E-state index is -3.04. The summed E-state index contributed by atoms with van der Waals surface area (Å²) < 4.78 is 24.6. The first-order chi connectivity index (χ1) is 7.80. The van der Waals surface area contributed by atoms with Gasteiger partial charge in [-0.1, -0.05) is 13.8 Å². The Balaban J connectivity index is 2.37. The van der Waals surface area contributed by atoms with Gasteiger partial charge < -0.3 is 5.32 Å². The van der Waals surface area contributed by atoms with Crippen LogP contribution in [0.4, 0.5) is 0 Å². The maximum absolute atomic E-state index is 11.5. The van der Waals surface area contributed by atoms with Crippen molar-refractivity contribution in [2.45, 2.75) is 32.9 Å². The summed E-state index contributed by atoms with van der Waals surface area (Å²) in [4.78, 5) is 2.32. The average molecular weight is 263 g/mol. The van der Waals surface area contributed by atoms with Gasteiger partial charge in [-0.2, -0.15) is 4.31 Å². The number of hydrogen-bond donors (Lipinski definition) is 1. The van der Waals surface area contributed by atoms with E-state index in [9.17, 15) is 8.42 Å². The van der Waals surface area contributed by atoms with Gasteiger partial charge in [0, 0.05) is 44.8 Å². The van der Waals surface area contributed by atoms with Gasteiger partial charge in [0.2, 0.25) is 10.0 Å². The molecule has 17 heavy (non-hydrogen) atoms. The quantitative estimate of drug-likeness (QED) is 0.756. The van der Waals surface area contributed by atoms with Gasteiger partial charge in [-0.15, -0.1) is 0 Å². The first kappa shape index (κ1) is 14.9. The molecule has 6 heteroatoms. The van der Waals surface area contributed by atoms with Crippen molar-refractivity contribution >= 4 is 10.0 Å². The molecule has 1 aliphatic rings. The average Bonchev–Trinajstić information content (AvgIpc) is 2.14. The molecule has 0 amide bonds. The first-order valence-electron chi connectivity index (χ1n) is 6.23. The lowest BCUT2D eigenvalue weighted by molar-refractivity contribution is 0.144. The van der Waals surface area contributed by atoms with Gasteiger partial charge in [0.05, 0.1) is 6.26 Å². The van der Waals surface area contributed by atoms with Crippen molar-refractivity contribution in [2.75, 3.05) is 39.0 Å². The van der Waals surface area contributed by atoms with Crippen LogP contribution in [0.2, 0.25) is 0 Å². The fourth-order valence-corrected chi connectivity index (χ4v) is 3.36. The molecule has 0 spiro atoms. The van der Waals surface area contributed by atoms with E-state index in [4.69, 9.17) is 0 Å². The Morgan fingerprint density at radius 3 is 2.47 bits per heavy atom. The molecule has 1 heterocycles. The number of hydrogen-bond acceptors (Lipinski definition) is 4. The van der Waals surface area contributed by atoms with Crippen LogP contribution in [0.1, 0.15) is 20.8 Å². The molecule has 102 valence electrons. The summed E-state index contributed by atoms with van der Waals surface area (Å²) in [5, 5.41) is 3.38. The molecular weight excluding hydrogens is 238 g/mol. The standard InChI is InChI=1S/C11H25N3O2S/c1-10(2)12-5-6-13-7-8-14(11(3)9-13)17(4,15)16/h10-12H,5-9H2,1-4H3/t11-/m0/s1. The van der Waals surface area contributed by atoms with Crippen LogP contribution < -0.4 is 5.32 Å². The maximum Gasteiger partial charge on any atom is 0.211 e. The summed E-state index contributed by atoms with van der Waals surface area (Å²) >= 11 is 0. The highest BCUT2D eigenvalue weighted by Crippen LogP contribution is 2.12. The summed E-state index contributed by atoms with van der Waals surface area (Å²) in [6, 6.07) is 0.586. The fraction of sp³-hybridized carbons (Fsp3) is 1.00. The predicted octanol–water partition coefficient (Wildman–Crippen LogP) is -0.0499. The Labute approximate surface area is 105 Å². The van der Waals surface area contributed by atoms with Gasteiger partial charge >= 0.3 is 0 Å². The molecule has 0 bridgehead atoms. The highest BCUT2D eigenvalue weighted by atomic mass is 32.2. The Bertz CT molecular complexity index is 330. The largest absolute Gasteiger partial charge is 0.313 e. The summed E-state index contributed by atoms with van der Waals surface area (Å²) in [5.74, 6) is 0. The Kier molecular flexibility index (Phi) is 5.37. The SMILES string of the molecule is CC(C)NCCN1CCN(S(C)(=O)=O)[C@@H](C)C1. The molecule has 0 aromatic heterocycles. The van der Waals surface area contributed by atoms with E-state index in [-0.39, 0.29) is 6.04 Å². The molecule has 0 aromatic rings. The van der Waals surface area contributed by atoms with Crippen molar-refractivity contribution in [3.63, 3.8) is 0 Å². The van der Waals surface area contributed by atoms with Crippen LogP contribution >= 0.6 is 0 Å². The number of piperazine rings is 1. The van der Waals surface area contributed by atoms with Crippen LogP contribution in [0.3, 0.4) is 0 Å². The van der Waals surface area contributed by atoms with Crippen molar-refractivity contribution in [3.8, 4) is 0 Å². The first-order valence-corrected chi connectivity index (χ1v) is 8.08. The third-order valence-electron chi connectivity index (χ3n) is 3.06. The van der Waals surface area contributed by atoms with Crippen molar-refractivity contribution in [1.29, 1.82) is 0 Å². The Morgan fingerprint density at radius 1 is 1.35 bits per heavy atom. The normalized spacial score (nSPS) is 24.4. The third kappa shape index (κ3) is 4.91. The van der Waals surface area contributed by atoms with E-state index in [2.05, 4.69) is 24.1 Å². The molecule has 1 atom stereocenters. The van der Waals surface area contributed by atoms with Gasteiger partial charge in [-0.25, -0.2) is 8.42 Å². The van der Waals surface area contributed by atoms with Gasteiger partial charge in [-0.05, 0) is 6.92 Å². The van der Waals surface area contributed by atoms with Crippen LogP contribution in [0, 0.1) is 0 Å². The molecule has 1 saturated heterocycles. The lowest BCUT2D eigenvalue weighted by Gasteiger charge is -2.38. The van der Waals surface area contributed by atoms with Crippen LogP contribution in [-0.4, -0.2) is 68.7 Å². The summed E-state index contributed by atoms with van der Waals surface area (Å²) in [7, 11) is -3.04. The van der Waals surface area contributed by atoms with Gasteiger partial charge in [0.25, 0.3) is 0 Å². The molecule has 0 aliphatic carbocycles. The minimum absolute atomic E-state index is 0.0813.